The first-order chi connectivity index (χ1) is 11.9. The summed E-state index contributed by atoms with van der Waals surface area (Å²) in [6.07, 6.45) is 3.31. The maximum absolute atomic E-state index is 12.3. The molecule has 1 aromatic rings. The first kappa shape index (κ1) is 17.9. The number of carbonyl (C=O) groups is 1. The molecule has 0 saturated heterocycles. The van der Waals surface area contributed by atoms with Crippen molar-refractivity contribution >= 4 is 21.8 Å². The van der Waals surface area contributed by atoms with Gasteiger partial charge < -0.3 is 11.1 Å². The van der Waals surface area contributed by atoms with E-state index in [1.807, 2.05) is 0 Å². The van der Waals surface area contributed by atoms with E-state index in [0.29, 0.717) is 23.9 Å². The Labute approximate surface area is 148 Å². The Morgan fingerprint density at radius 2 is 2.16 bits per heavy atom. The van der Waals surface area contributed by atoms with Gasteiger partial charge in [0.15, 0.2) is 0 Å². The van der Waals surface area contributed by atoms with Crippen LogP contribution >= 0.6 is 0 Å². The van der Waals surface area contributed by atoms with Gasteiger partial charge in [0, 0.05) is 18.0 Å². The molecule has 0 radical (unpaired) electrons. The van der Waals surface area contributed by atoms with Crippen molar-refractivity contribution in [3.8, 4) is 0 Å². The van der Waals surface area contributed by atoms with Crippen LogP contribution < -0.4 is 15.8 Å². The molecule has 4 N–H and O–H groups in total. The summed E-state index contributed by atoms with van der Waals surface area (Å²) in [6.45, 7) is 2.39. The molecular weight excluding hydrogens is 340 g/mol. The summed E-state index contributed by atoms with van der Waals surface area (Å²) in [6, 6.07) is 6.51. The van der Waals surface area contributed by atoms with Crippen LogP contribution in [0.3, 0.4) is 0 Å². The second-order valence-electron chi connectivity index (χ2n) is 6.73. The minimum atomic E-state index is -3.55. The predicted molar refractivity (Wildman–Crippen MR) is 95.7 cm³/mol. The van der Waals surface area contributed by atoms with Gasteiger partial charge in [-0.15, -0.1) is 0 Å². The van der Waals surface area contributed by atoms with Gasteiger partial charge in [-0.3, -0.25) is 14.5 Å². The fraction of sp³-hybridized carbons (Fsp3) is 0.529. The highest BCUT2D eigenvalue weighted by molar-refractivity contribution is 7.90. The van der Waals surface area contributed by atoms with Crippen LogP contribution in [0.15, 0.2) is 34.2 Å². The second kappa shape index (κ2) is 7.13. The molecule has 25 heavy (non-hydrogen) atoms. The standard InChI is InChI=1S/C17H24N4O3S/c1-11(9-16(22)20-14-7-4-5-12(14)10-18)19-17-13-6-2-3-8-15(13)25(23,24)21-17/h2-3,6,8,11-12,14H,4-5,7,9-10,18H2,1H3,(H,19,21)(H,20,22). The summed E-state index contributed by atoms with van der Waals surface area (Å²) >= 11 is 0. The normalized spacial score (nSPS) is 26.9. The van der Waals surface area contributed by atoms with Crippen LogP contribution in [0.5, 0.6) is 0 Å². The molecule has 3 rings (SSSR count). The maximum Gasteiger partial charge on any atom is 0.263 e. The summed E-state index contributed by atoms with van der Waals surface area (Å²) < 4.78 is 26.6. The van der Waals surface area contributed by atoms with Crippen molar-refractivity contribution in [1.29, 1.82) is 0 Å². The summed E-state index contributed by atoms with van der Waals surface area (Å²) in [5.41, 5.74) is 6.29. The zero-order valence-electron chi connectivity index (χ0n) is 14.2. The summed E-state index contributed by atoms with van der Waals surface area (Å²) in [5, 5.41) is 3.04. The topological polar surface area (TPSA) is 114 Å². The van der Waals surface area contributed by atoms with Crippen LogP contribution in [0, 0.1) is 5.92 Å². The summed E-state index contributed by atoms with van der Waals surface area (Å²) in [7, 11) is -3.55. The van der Waals surface area contributed by atoms with E-state index in [0.717, 1.165) is 19.3 Å². The van der Waals surface area contributed by atoms with Gasteiger partial charge in [0.2, 0.25) is 5.91 Å². The lowest BCUT2D eigenvalue weighted by Gasteiger charge is -2.20. The van der Waals surface area contributed by atoms with E-state index >= 15 is 0 Å². The fourth-order valence-corrected chi connectivity index (χ4v) is 4.78. The molecule has 3 atom stereocenters. The molecule has 1 aliphatic carbocycles. The molecule has 1 saturated carbocycles. The SMILES string of the molecule is CC(CC(=O)NC1CCCC1CN)N=C1NS(=O)(=O)c2ccccc21. The zero-order valence-corrected chi connectivity index (χ0v) is 15.1. The van der Waals surface area contributed by atoms with Crippen molar-refractivity contribution in [3.05, 3.63) is 29.8 Å². The molecule has 7 nitrogen and oxygen atoms in total. The molecule has 0 bridgehead atoms. The third kappa shape index (κ3) is 3.85. The van der Waals surface area contributed by atoms with Crippen LogP contribution in [-0.2, 0) is 14.8 Å². The Balaban J connectivity index is 1.65. The number of hydrogen-bond acceptors (Lipinski definition) is 5. The molecule has 1 amide bonds. The molecule has 1 heterocycles. The molecule has 0 aromatic heterocycles. The number of nitrogens with one attached hydrogen (secondary N) is 2. The fourth-order valence-electron chi connectivity index (χ4n) is 3.54. The minimum absolute atomic E-state index is 0.0728. The minimum Gasteiger partial charge on any atom is -0.353 e. The Morgan fingerprint density at radius 1 is 1.40 bits per heavy atom. The van der Waals surface area contributed by atoms with Gasteiger partial charge in [0.05, 0.1) is 10.9 Å². The van der Waals surface area contributed by atoms with Crippen LogP contribution in [-0.4, -0.2) is 38.8 Å². The van der Waals surface area contributed by atoms with E-state index < -0.39 is 10.0 Å². The molecule has 1 aliphatic heterocycles. The number of aliphatic imine (C=N–C) groups is 1. The second-order valence-corrected chi connectivity index (χ2v) is 8.38. The van der Waals surface area contributed by atoms with Crippen molar-refractivity contribution in [2.75, 3.05) is 6.54 Å². The number of benzene rings is 1. The Bertz CT molecular complexity index is 791. The van der Waals surface area contributed by atoms with E-state index in [9.17, 15) is 13.2 Å². The smallest absolute Gasteiger partial charge is 0.263 e. The molecule has 3 unspecified atom stereocenters. The molecule has 1 fully saturated rings. The highest BCUT2D eigenvalue weighted by Crippen LogP contribution is 2.25. The summed E-state index contributed by atoms with van der Waals surface area (Å²) in [5.74, 6) is 0.576. The Morgan fingerprint density at radius 3 is 2.92 bits per heavy atom. The Kier molecular flexibility index (Phi) is 5.10. The van der Waals surface area contributed by atoms with Crippen molar-refractivity contribution in [3.63, 3.8) is 0 Å². The number of carbonyl (C=O) groups excluding carboxylic acids is 1. The Hall–Kier alpha value is -1.93. The van der Waals surface area contributed by atoms with Gasteiger partial charge in [-0.25, -0.2) is 8.42 Å². The third-order valence-corrected chi connectivity index (χ3v) is 6.20. The third-order valence-electron chi connectivity index (χ3n) is 4.80. The maximum atomic E-state index is 12.3. The van der Waals surface area contributed by atoms with E-state index in [-0.39, 0.29) is 29.3 Å². The van der Waals surface area contributed by atoms with Gasteiger partial charge >= 0.3 is 0 Å². The predicted octanol–water partition coefficient (Wildman–Crippen LogP) is 0.747. The zero-order chi connectivity index (χ0) is 18.0. The first-order valence-corrected chi connectivity index (χ1v) is 10.1. The van der Waals surface area contributed by atoms with Gasteiger partial charge in [-0.2, -0.15) is 0 Å². The van der Waals surface area contributed by atoms with Crippen molar-refractivity contribution in [1.82, 2.24) is 10.0 Å². The van der Waals surface area contributed by atoms with E-state index in [1.54, 1.807) is 31.2 Å². The van der Waals surface area contributed by atoms with Gasteiger partial charge in [0.25, 0.3) is 10.0 Å². The quantitative estimate of drug-likeness (QED) is 0.715. The van der Waals surface area contributed by atoms with Crippen molar-refractivity contribution in [2.45, 2.75) is 49.6 Å². The molecule has 2 aliphatic rings. The van der Waals surface area contributed by atoms with Gasteiger partial charge in [-0.05, 0) is 44.4 Å². The average Bonchev–Trinajstić information content (AvgIpc) is 3.10. The van der Waals surface area contributed by atoms with Crippen LogP contribution in [0.25, 0.3) is 0 Å². The monoisotopic (exact) mass is 364 g/mol. The van der Waals surface area contributed by atoms with E-state index in [4.69, 9.17) is 5.73 Å². The number of fused-ring (bicyclic) bond motifs is 1. The molecular formula is C17H24N4O3S. The highest BCUT2D eigenvalue weighted by Gasteiger charge is 2.31. The molecule has 1 aromatic carbocycles. The largest absolute Gasteiger partial charge is 0.353 e. The van der Waals surface area contributed by atoms with Crippen molar-refractivity contribution < 1.29 is 13.2 Å². The molecule has 136 valence electrons. The number of nitrogens with two attached hydrogens (primary N) is 1. The van der Waals surface area contributed by atoms with Crippen LogP contribution in [0.4, 0.5) is 0 Å². The number of hydrogen-bond donors (Lipinski definition) is 3. The van der Waals surface area contributed by atoms with Gasteiger partial charge in [0.1, 0.15) is 5.84 Å². The van der Waals surface area contributed by atoms with E-state index in [1.165, 1.54) is 0 Å². The van der Waals surface area contributed by atoms with Crippen molar-refractivity contribution in [2.24, 2.45) is 16.6 Å². The lowest BCUT2D eigenvalue weighted by atomic mass is 10.0. The number of amidine groups is 1. The highest BCUT2D eigenvalue weighted by atomic mass is 32.2. The number of amides is 1. The summed E-state index contributed by atoms with van der Waals surface area (Å²) in [4.78, 5) is 16.9. The molecule has 0 spiro atoms. The number of sulfonamides is 1. The average molecular weight is 364 g/mol. The first-order valence-electron chi connectivity index (χ1n) is 8.60. The number of rotatable bonds is 5. The van der Waals surface area contributed by atoms with E-state index in [2.05, 4.69) is 15.0 Å². The van der Waals surface area contributed by atoms with Crippen LogP contribution in [0.1, 0.15) is 38.2 Å². The van der Waals surface area contributed by atoms with Gasteiger partial charge in [-0.1, -0.05) is 18.6 Å². The number of nitrogens with zero attached hydrogens (tertiary/aromatic N) is 1. The molecule has 8 heteroatoms. The lowest BCUT2D eigenvalue weighted by Crippen LogP contribution is -2.40. The lowest BCUT2D eigenvalue weighted by molar-refractivity contribution is -0.122. The van der Waals surface area contributed by atoms with Crippen LogP contribution in [0.2, 0.25) is 0 Å².